The van der Waals surface area contributed by atoms with E-state index in [4.69, 9.17) is 11.6 Å². The van der Waals surface area contributed by atoms with Gasteiger partial charge in [0.1, 0.15) is 4.60 Å². The summed E-state index contributed by atoms with van der Waals surface area (Å²) in [7, 11) is 0. The van der Waals surface area contributed by atoms with Gasteiger partial charge in [0.25, 0.3) is 0 Å². The predicted molar refractivity (Wildman–Crippen MR) is 53.3 cm³/mol. The van der Waals surface area contributed by atoms with E-state index in [1.165, 1.54) is 0 Å². The second-order valence-corrected chi connectivity index (χ2v) is 4.37. The van der Waals surface area contributed by atoms with E-state index in [0.717, 1.165) is 15.3 Å². The SMILES string of the molecule is CCSc1cc(Cl)cnc1Br. The van der Waals surface area contributed by atoms with Crippen LogP contribution in [-0.4, -0.2) is 10.7 Å². The topological polar surface area (TPSA) is 12.9 Å². The quantitative estimate of drug-likeness (QED) is 0.589. The van der Waals surface area contributed by atoms with E-state index in [0.29, 0.717) is 5.02 Å². The van der Waals surface area contributed by atoms with E-state index < -0.39 is 0 Å². The van der Waals surface area contributed by atoms with Gasteiger partial charge in [0, 0.05) is 11.1 Å². The van der Waals surface area contributed by atoms with Crippen molar-refractivity contribution in [3.05, 3.63) is 21.9 Å². The Morgan fingerprint density at radius 2 is 2.45 bits per heavy atom. The van der Waals surface area contributed by atoms with Crippen LogP contribution in [0.5, 0.6) is 0 Å². The van der Waals surface area contributed by atoms with Gasteiger partial charge in [0.15, 0.2) is 0 Å². The van der Waals surface area contributed by atoms with E-state index >= 15 is 0 Å². The van der Waals surface area contributed by atoms with E-state index in [9.17, 15) is 0 Å². The second-order valence-electron chi connectivity index (χ2n) is 1.88. The van der Waals surface area contributed by atoms with Crippen molar-refractivity contribution in [3.63, 3.8) is 0 Å². The number of thioether (sulfide) groups is 1. The molecule has 1 aromatic rings. The van der Waals surface area contributed by atoms with Crippen LogP contribution in [0.1, 0.15) is 6.92 Å². The van der Waals surface area contributed by atoms with Crippen LogP contribution < -0.4 is 0 Å². The summed E-state index contributed by atoms with van der Waals surface area (Å²) in [6.45, 7) is 2.10. The zero-order valence-corrected chi connectivity index (χ0v) is 9.13. The van der Waals surface area contributed by atoms with Crippen molar-refractivity contribution in [3.8, 4) is 0 Å². The molecule has 0 aromatic carbocycles. The van der Waals surface area contributed by atoms with Crippen LogP contribution in [-0.2, 0) is 0 Å². The molecule has 0 saturated heterocycles. The van der Waals surface area contributed by atoms with Gasteiger partial charge in [0.05, 0.1) is 5.02 Å². The number of aromatic nitrogens is 1. The first-order valence-corrected chi connectivity index (χ1v) is 5.33. The van der Waals surface area contributed by atoms with Gasteiger partial charge in [-0.05, 0) is 27.7 Å². The highest BCUT2D eigenvalue weighted by atomic mass is 79.9. The molecular weight excluding hydrogens is 246 g/mol. The number of rotatable bonds is 2. The van der Waals surface area contributed by atoms with Crippen molar-refractivity contribution in [2.45, 2.75) is 11.8 Å². The van der Waals surface area contributed by atoms with Crippen LogP contribution in [0.3, 0.4) is 0 Å². The lowest BCUT2D eigenvalue weighted by atomic mass is 10.5. The molecule has 1 nitrogen and oxygen atoms in total. The second kappa shape index (κ2) is 4.33. The third-order valence-corrected chi connectivity index (χ3v) is 3.09. The molecule has 0 aliphatic rings. The first kappa shape index (κ1) is 9.36. The molecule has 1 rings (SSSR count). The maximum Gasteiger partial charge on any atom is 0.119 e. The van der Waals surface area contributed by atoms with Gasteiger partial charge in [-0.2, -0.15) is 0 Å². The van der Waals surface area contributed by atoms with Crippen LogP contribution in [0.15, 0.2) is 21.8 Å². The number of pyridine rings is 1. The molecule has 60 valence electrons. The smallest absolute Gasteiger partial charge is 0.119 e. The van der Waals surface area contributed by atoms with Crippen LogP contribution >= 0.6 is 39.3 Å². The van der Waals surface area contributed by atoms with Crippen molar-refractivity contribution >= 4 is 39.3 Å². The Bertz CT molecular complexity index is 254. The fraction of sp³-hybridized carbons (Fsp3) is 0.286. The molecule has 0 radical (unpaired) electrons. The largest absolute Gasteiger partial charge is 0.247 e. The summed E-state index contributed by atoms with van der Waals surface area (Å²) in [5, 5.41) is 0.684. The number of halogens is 2. The number of hydrogen-bond donors (Lipinski definition) is 0. The van der Waals surface area contributed by atoms with E-state index in [2.05, 4.69) is 27.8 Å². The molecule has 1 heterocycles. The van der Waals surface area contributed by atoms with Gasteiger partial charge >= 0.3 is 0 Å². The van der Waals surface area contributed by atoms with E-state index in [1.807, 2.05) is 6.07 Å². The minimum atomic E-state index is 0.684. The fourth-order valence-electron chi connectivity index (χ4n) is 0.661. The van der Waals surface area contributed by atoms with Crippen LogP contribution in [0.2, 0.25) is 5.02 Å². The summed E-state index contributed by atoms with van der Waals surface area (Å²) in [5.74, 6) is 1.03. The molecule has 11 heavy (non-hydrogen) atoms. The molecule has 0 aliphatic heterocycles. The van der Waals surface area contributed by atoms with Crippen molar-refractivity contribution in [1.82, 2.24) is 4.98 Å². The molecule has 0 spiro atoms. The van der Waals surface area contributed by atoms with Gasteiger partial charge in [-0.15, -0.1) is 11.8 Å². The van der Waals surface area contributed by atoms with Crippen LogP contribution in [0.25, 0.3) is 0 Å². The maximum atomic E-state index is 5.76. The number of nitrogens with zero attached hydrogens (tertiary/aromatic N) is 1. The summed E-state index contributed by atoms with van der Waals surface area (Å²) in [5.41, 5.74) is 0. The lowest BCUT2D eigenvalue weighted by molar-refractivity contribution is 1.18. The normalized spacial score (nSPS) is 10.1. The van der Waals surface area contributed by atoms with Gasteiger partial charge in [-0.1, -0.05) is 18.5 Å². The summed E-state index contributed by atoms with van der Waals surface area (Å²) >= 11 is 10.8. The van der Waals surface area contributed by atoms with Crippen LogP contribution in [0, 0.1) is 0 Å². The molecule has 0 unspecified atom stereocenters. The predicted octanol–water partition coefficient (Wildman–Crippen LogP) is 3.61. The minimum Gasteiger partial charge on any atom is -0.247 e. The number of hydrogen-bond acceptors (Lipinski definition) is 2. The highest BCUT2D eigenvalue weighted by Crippen LogP contribution is 2.27. The monoisotopic (exact) mass is 251 g/mol. The fourth-order valence-corrected chi connectivity index (χ4v) is 2.14. The third kappa shape index (κ3) is 2.65. The van der Waals surface area contributed by atoms with E-state index in [-0.39, 0.29) is 0 Å². The summed E-state index contributed by atoms with van der Waals surface area (Å²) in [4.78, 5) is 5.16. The molecule has 0 amide bonds. The highest BCUT2D eigenvalue weighted by molar-refractivity contribution is 9.10. The summed E-state index contributed by atoms with van der Waals surface area (Å²) < 4.78 is 0.869. The minimum absolute atomic E-state index is 0.684. The Morgan fingerprint density at radius 1 is 1.73 bits per heavy atom. The summed E-state index contributed by atoms with van der Waals surface area (Å²) in [6, 6.07) is 1.91. The van der Waals surface area contributed by atoms with Gasteiger partial charge in [-0.25, -0.2) is 4.98 Å². The first-order chi connectivity index (χ1) is 5.24. The Morgan fingerprint density at radius 3 is 3.09 bits per heavy atom. The molecular formula is C7H7BrClNS. The Hall–Kier alpha value is 0.270. The lowest BCUT2D eigenvalue weighted by Crippen LogP contribution is -1.80. The van der Waals surface area contributed by atoms with Crippen molar-refractivity contribution < 1.29 is 0 Å². The van der Waals surface area contributed by atoms with Gasteiger partial charge in [0.2, 0.25) is 0 Å². The maximum absolute atomic E-state index is 5.76. The summed E-state index contributed by atoms with van der Waals surface area (Å²) in [6.07, 6.45) is 1.63. The van der Waals surface area contributed by atoms with Crippen molar-refractivity contribution in [2.75, 3.05) is 5.75 Å². The van der Waals surface area contributed by atoms with Crippen LogP contribution in [0.4, 0.5) is 0 Å². The molecule has 4 heteroatoms. The molecule has 0 aliphatic carbocycles. The average molecular weight is 253 g/mol. The average Bonchev–Trinajstić information content (AvgIpc) is 1.98. The molecule has 0 N–H and O–H groups in total. The third-order valence-electron chi connectivity index (χ3n) is 1.07. The van der Waals surface area contributed by atoms with Gasteiger partial charge < -0.3 is 0 Å². The lowest BCUT2D eigenvalue weighted by Gasteiger charge is -2.00. The zero-order valence-electron chi connectivity index (χ0n) is 5.97. The zero-order chi connectivity index (χ0) is 8.27. The molecule has 1 aromatic heterocycles. The standard InChI is InChI=1S/C7H7BrClNS/c1-2-11-6-3-5(9)4-10-7(6)8/h3-4H,2H2,1H3. The first-order valence-electron chi connectivity index (χ1n) is 3.18. The molecule has 0 bridgehead atoms. The van der Waals surface area contributed by atoms with Gasteiger partial charge in [-0.3, -0.25) is 0 Å². The Kier molecular flexibility index (Phi) is 3.69. The highest BCUT2D eigenvalue weighted by Gasteiger charge is 2.00. The Labute approximate surface area is 83.7 Å². The van der Waals surface area contributed by atoms with E-state index in [1.54, 1.807) is 18.0 Å². The molecule has 0 fully saturated rings. The van der Waals surface area contributed by atoms with Crippen molar-refractivity contribution in [1.29, 1.82) is 0 Å². The molecule has 0 atom stereocenters. The van der Waals surface area contributed by atoms with Crippen molar-refractivity contribution in [2.24, 2.45) is 0 Å². The molecule has 0 saturated carbocycles. The Balaban J connectivity index is 2.93.